The lowest BCUT2D eigenvalue weighted by Gasteiger charge is -2.17. The third-order valence-electron chi connectivity index (χ3n) is 5.48. The van der Waals surface area contributed by atoms with Crippen LogP contribution >= 0.6 is 0 Å². The lowest BCUT2D eigenvalue weighted by atomic mass is 9.88. The van der Waals surface area contributed by atoms with E-state index < -0.39 is 9.84 Å². The van der Waals surface area contributed by atoms with Crippen LogP contribution in [-0.4, -0.2) is 25.9 Å². The molecule has 0 amide bonds. The van der Waals surface area contributed by atoms with Crippen molar-refractivity contribution in [1.29, 1.82) is 0 Å². The fourth-order valence-corrected chi connectivity index (χ4v) is 5.11. The summed E-state index contributed by atoms with van der Waals surface area (Å²) in [6, 6.07) is 23.0. The monoisotopic (exact) mass is 442 g/mol. The van der Waals surface area contributed by atoms with E-state index in [-0.39, 0.29) is 27.9 Å². The summed E-state index contributed by atoms with van der Waals surface area (Å²) in [6.45, 7) is 0.0770. The van der Waals surface area contributed by atoms with Crippen LogP contribution < -0.4 is 4.74 Å². The molecule has 0 unspecified atom stereocenters. The molecule has 4 aromatic rings. The Morgan fingerprint density at radius 3 is 2.09 bits per heavy atom. The fourth-order valence-electron chi connectivity index (χ4n) is 3.85. The average molecular weight is 442 g/mol. The largest absolute Gasteiger partial charge is 0.508 e. The number of benzene rings is 4. The van der Waals surface area contributed by atoms with E-state index in [1.165, 1.54) is 36.4 Å². The fraction of sp³-hybridized carbons (Fsp3) is 0.0385. The van der Waals surface area contributed by atoms with E-state index in [0.29, 0.717) is 16.9 Å². The first kappa shape index (κ1) is 20.0. The van der Waals surface area contributed by atoms with Crippen molar-refractivity contribution >= 4 is 32.5 Å². The number of phenols is 1. The number of carbonyl (C=O) groups excluding carboxylic acids is 1. The second-order valence-corrected chi connectivity index (χ2v) is 9.46. The van der Waals surface area contributed by atoms with Crippen LogP contribution in [0.25, 0.3) is 16.8 Å². The SMILES string of the molecule is O=C1C(COc2ccc(S(=O)(=O)c3ccc(O)cc3)cc2)=Cc2cccc3cccc1c23. The molecule has 6 heteroatoms. The minimum atomic E-state index is -3.70. The second-order valence-electron chi connectivity index (χ2n) is 7.51. The molecular formula is C26H18O5S. The van der Waals surface area contributed by atoms with Gasteiger partial charge in [0.2, 0.25) is 9.84 Å². The minimum Gasteiger partial charge on any atom is -0.508 e. The van der Waals surface area contributed by atoms with Gasteiger partial charge >= 0.3 is 0 Å². The number of hydrogen-bond donors (Lipinski definition) is 1. The van der Waals surface area contributed by atoms with Gasteiger partial charge in [-0.3, -0.25) is 4.79 Å². The highest BCUT2D eigenvalue weighted by Crippen LogP contribution is 2.32. The normalized spacial score (nSPS) is 13.1. The van der Waals surface area contributed by atoms with Crippen molar-refractivity contribution in [3.8, 4) is 11.5 Å². The first-order valence-electron chi connectivity index (χ1n) is 9.97. The molecule has 1 N–H and O–H groups in total. The number of rotatable bonds is 5. The van der Waals surface area contributed by atoms with Crippen LogP contribution in [0.2, 0.25) is 0 Å². The molecule has 0 aliphatic heterocycles. The smallest absolute Gasteiger partial charge is 0.206 e. The van der Waals surface area contributed by atoms with Crippen molar-refractivity contribution in [1.82, 2.24) is 0 Å². The lowest BCUT2D eigenvalue weighted by Crippen LogP contribution is -2.15. The quantitative estimate of drug-likeness (QED) is 0.469. The Bertz CT molecular complexity index is 1480. The predicted octanol–water partition coefficient (Wildman–Crippen LogP) is 5.04. The molecule has 1 aliphatic rings. The molecule has 1 aliphatic carbocycles. The molecule has 0 bridgehead atoms. The van der Waals surface area contributed by atoms with E-state index in [4.69, 9.17) is 4.74 Å². The summed E-state index contributed by atoms with van der Waals surface area (Å²) in [5.41, 5.74) is 2.18. The van der Waals surface area contributed by atoms with Gasteiger partial charge in [-0.2, -0.15) is 0 Å². The zero-order valence-electron chi connectivity index (χ0n) is 16.9. The molecule has 0 spiro atoms. The molecule has 0 atom stereocenters. The summed E-state index contributed by atoms with van der Waals surface area (Å²) in [5, 5.41) is 11.3. The summed E-state index contributed by atoms with van der Waals surface area (Å²) in [7, 11) is -3.70. The van der Waals surface area contributed by atoms with Crippen molar-refractivity contribution in [2.75, 3.05) is 6.61 Å². The summed E-state index contributed by atoms with van der Waals surface area (Å²) in [5.74, 6) is 0.388. The van der Waals surface area contributed by atoms with Crippen molar-refractivity contribution < 1.29 is 23.1 Å². The third-order valence-corrected chi connectivity index (χ3v) is 7.26. The number of aromatic hydroxyl groups is 1. The van der Waals surface area contributed by atoms with E-state index in [1.807, 2.05) is 42.5 Å². The number of ketones is 1. The van der Waals surface area contributed by atoms with Gasteiger partial charge in [-0.1, -0.05) is 36.4 Å². The molecule has 5 nitrogen and oxygen atoms in total. The number of Topliss-reactive ketones (excluding diaryl/α,β-unsaturated/α-hetero) is 1. The number of hydrogen-bond acceptors (Lipinski definition) is 5. The summed E-state index contributed by atoms with van der Waals surface area (Å²) < 4.78 is 31.3. The average Bonchev–Trinajstić information content (AvgIpc) is 2.81. The van der Waals surface area contributed by atoms with Gasteiger partial charge in [0.25, 0.3) is 0 Å². The van der Waals surface area contributed by atoms with Gasteiger partial charge in [-0.25, -0.2) is 8.42 Å². The molecule has 0 saturated carbocycles. The Balaban J connectivity index is 1.36. The van der Waals surface area contributed by atoms with Crippen molar-refractivity contribution in [2.45, 2.75) is 9.79 Å². The van der Waals surface area contributed by atoms with Crippen LogP contribution in [0.3, 0.4) is 0 Å². The summed E-state index contributed by atoms with van der Waals surface area (Å²) in [4.78, 5) is 13.2. The second kappa shape index (κ2) is 7.66. The van der Waals surface area contributed by atoms with Crippen molar-refractivity contribution in [3.05, 3.63) is 102 Å². The van der Waals surface area contributed by atoms with Crippen LogP contribution in [0.1, 0.15) is 15.9 Å². The molecule has 0 saturated heterocycles. The van der Waals surface area contributed by atoms with Crippen molar-refractivity contribution in [2.24, 2.45) is 0 Å². The number of phenolic OH excluding ortho intramolecular Hbond substituents is 1. The number of ether oxygens (including phenoxy) is 1. The first-order chi connectivity index (χ1) is 15.4. The van der Waals surface area contributed by atoms with Gasteiger partial charge in [0.1, 0.15) is 18.1 Å². The van der Waals surface area contributed by atoms with Crippen LogP contribution in [0.5, 0.6) is 11.5 Å². The van der Waals surface area contributed by atoms with Crippen LogP contribution in [0, 0.1) is 0 Å². The molecule has 0 radical (unpaired) electrons. The highest BCUT2D eigenvalue weighted by atomic mass is 32.2. The predicted molar refractivity (Wildman–Crippen MR) is 122 cm³/mol. The van der Waals surface area contributed by atoms with Gasteiger partial charge in [0.15, 0.2) is 5.78 Å². The summed E-state index contributed by atoms with van der Waals surface area (Å²) >= 11 is 0. The maximum absolute atomic E-state index is 12.9. The van der Waals surface area contributed by atoms with E-state index in [9.17, 15) is 18.3 Å². The Kier molecular flexibility index (Phi) is 4.79. The van der Waals surface area contributed by atoms with E-state index in [2.05, 4.69) is 0 Å². The zero-order chi connectivity index (χ0) is 22.3. The molecule has 158 valence electrons. The Hall–Kier alpha value is -3.90. The zero-order valence-corrected chi connectivity index (χ0v) is 17.7. The highest BCUT2D eigenvalue weighted by molar-refractivity contribution is 7.91. The Labute approximate surface area is 185 Å². The molecule has 0 aromatic heterocycles. The summed E-state index contributed by atoms with van der Waals surface area (Å²) in [6.07, 6.45) is 1.85. The maximum atomic E-state index is 12.9. The van der Waals surface area contributed by atoms with Gasteiger partial charge < -0.3 is 9.84 Å². The molecule has 0 heterocycles. The van der Waals surface area contributed by atoms with Gasteiger partial charge in [0.05, 0.1) is 9.79 Å². The van der Waals surface area contributed by atoms with Gasteiger partial charge in [-0.05, 0) is 65.6 Å². The van der Waals surface area contributed by atoms with Gasteiger partial charge in [-0.15, -0.1) is 0 Å². The van der Waals surface area contributed by atoms with E-state index >= 15 is 0 Å². The van der Waals surface area contributed by atoms with Crippen LogP contribution in [-0.2, 0) is 9.84 Å². The van der Waals surface area contributed by atoms with Gasteiger partial charge in [0, 0.05) is 16.5 Å². The van der Waals surface area contributed by atoms with Crippen LogP contribution in [0.15, 0.2) is 100 Å². The minimum absolute atomic E-state index is 0.00174. The maximum Gasteiger partial charge on any atom is 0.206 e. The topological polar surface area (TPSA) is 80.7 Å². The highest BCUT2D eigenvalue weighted by Gasteiger charge is 2.22. The molecule has 5 rings (SSSR count). The Morgan fingerprint density at radius 2 is 1.41 bits per heavy atom. The van der Waals surface area contributed by atoms with E-state index in [1.54, 1.807) is 12.1 Å². The number of sulfone groups is 1. The molecular weight excluding hydrogens is 424 g/mol. The van der Waals surface area contributed by atoms with Crippen LogP contribution in [0.4, 0.5) is 0 Å². The first-order valence-corrected chi connectivity index (χ1v) is 11.5. The molecule has 0 fully saturated rings. The molecule has 4 aromatic carbocycles. The Morgan fingerprint density at radius 1 is 0.781 bits per heavy atom. The van der Waals surface area contributed by atoms with E-state index in [0.717, 1.165) is 16.3 Å². The standard InChI is InChI=1S/C26H18O5S/c27-20-7-11-22(12-8-20)32(29,30)23-13-9-21(10-14-23)31-16-19-15-18-5-1-3-17-4-2-6-24(25(17)18)26(19)28/h1-15,27H,16H2. The number of carbonyl (C=O) groups is 1. The lowest BCUT2D eigenvalue weighted by molar-refractivity contribution is 0.102. The molecule has 32 heavy (non-hydrogen) atoms. The third kappa shape index (κ3) is 3.44. The van der Waals surface area contributed by atoms with Crippen molar-refractivity contribution in [3.63, 3.8) is 0 Å².